The molecule has 0 spiro atoms. The molecule has 0 unspecified atom stereocenters. The molecule has 0 saturated carbocycles. The molecule has 0 aliphatic carbocycles. The van der Waals surface area contributed by atoms with E-state index in [-0.39, 0.29) is 13.4 Å². The lowest BCUT2D eigenvalue weighted by Gasteiger charge is -2.11. The Kier molecular flexibility index (Phi) is 34.5. The Balaban J connectivity index is 3.14. The highest BCUT2D eigenvalue weighted by atomic mass is 16.7. The Morgan fingerprint density at radius 3 is 1.28 bits per heavy atom. The summed E-state index contributed by atoms with van der Waals surface area (Å²) in [7, 11) is 0. The van der Waals surface area contributed by atoms with E-state index >= 15 is 0 Å². The van der Waals surface area contributed by atoms with Crippen molar-refractivity contribution in [2.75, 3.05) is 99.3 Å². The van der Waals surface area contributed by atoms with Crippen LogP contribution >= 0.6 is 0 Å². The van der Waals surface area contributed by atoms with Gasteiger partial charge in [0.1, 0.15) is 12.4 Å². The molecule has 0 aliphatic heterocycles. The fourth-order valence-electron chi connectivity index (χ4n) is 3.62. The molecule has 0 radical (unpaired) electrons. The highest BCUT2D eigenvalue weighted by Crippen LogP contribution is 2.12. The molecule has 9 nitrogen and oxygen atoms in total. The van der Waals surface area contributed by atoms with Crippen molar-refractivity contribution >= 4 is 0 Å². The SMILES string of the molecule is C=C(COCCOCCOCCOCCOCCOCCO)OCOCCCCCCCCCCCCCC. The number of aliphatic hydroxyl groups excluding tert-OH is 1. The second-order valence-electron chi connectivity index (χ2n) is 9.44. The van der Waals surface area contributed by atoms with Crippen molar-refractivity contribution in [1.29, 1.82) is 0 Å². The minimum Gasteiger partial charge on any atom is -0.470 e. The summed E-state index contributed by atoms with van der Waals surface area (Å²) in [6.07, 6.45) is 16.1. The van der Waals surface area contributed by atoms with Crippen LogP contribution in [0.15, 0.2) is 12.3 Å². The zero-order chi connectivity index (χ0) is 28.3. The predicted octanol–water partition coefficient (Wildman–Crippen LogP) is 5.28. The number of rotatable bonds is 35. The summed E-state index contributed by atoms with van der Waals surface area (Å²) in [6.45, 7) is 12.8. The van der Waals surface area contributed by atoms with E-state index in [1.807, 2.05) is 0 Å². The van der Waals surface area contributed by atoms with Gasteiger partial charge >= 0.3 is 0 Å². The summed E-state index contributed by atoms with van der Waals surface area (Å²) in [4.78, 5) is 0. The normalized spacial score (nSPS) is 11.3. The molecule has 234 valence electrons. The smallest absolute Gasteiger partial charge is 0.188 e. The van der Waals surface area contributed by atoms with Gasteiger partial charge in [0, 0.05) is 0 Å². The monoisotopic (exact) mass is 564 g/mol. The van der Waals surface area contributed by atoms with Gasteiger partial charge in [-0.3, -0.25) is 0 Å². The maximum absolute atomic E-state index is 8.57. The van der Waals surface area contributed by atoms with Crippen molar-refractivity contribution in [1.82, 2.24) is 0 Å². The quantitative estimate of drug-likeness (QED) is 0.0626. The largest absolute Gasteiger partial charge is 0.470 e. The van der Waals surface area contributed by atoms with Gasteiger partial charge in [0.2, 0.25) is 0 Å². The van der Waals surface area contributed by atoms with Crippen molar-refractivity contribution in [3.63, 3.8) is 0 Å². The van der Waals surface area contributed by atoms with Gasteiger partial charge in [-0.05, 0) is 6.42 Å². The lowest BCUT2D eigenvalue weighted by molar-refractivity contribution is -0.0421. The van der Waals surface area contributed by atoms with Gasteiger partial charge < -0.3 is 43.0 Å². The van der Waals surface area contributed by atoms with Crippen LogP contribution in [0.1, 0.15) is 84.0 Å². The topological polar surface area (TPSA) is 94.1 Å². The molecule has 0 aromatic rings. The standard InChI is InChI=1S/C30H60O9/c1-3-4-5-6-7-8-9-10-11-12-13-14-16-38-29-39-30(2)28-37-27-26-36-25-24-35-23-22-34-21-20-33-19-18-32-17-15-31/h31H,2-29H2,1H3. The number of aliphatic hydroxyl groups is 1. The Morgan fingerprint density at radius 1 is 0.462 bits per heavy atom. The number of hydrogen-bond acceptors (Lipinski definition) is 9. The van der Waals surface area contributed by atoms with E-state index in [2.05, 4.69) is 13.5 Å². The average molecular weight is 565 g/mol. The Morgan fingerprint density at radius 2 is 0.846 bits per heavy atom. The second-order valence-corrected chi connectivity index (χ2v) is 9.44. The number of hydrogen-bond donors (Lipinski definition) is 1. The lowest BCUT2D eigenvalue weighted by Crippen LogP contribution is -2.14. The van der Waals surface area contributed by atoms with Crippen LogP contribution in [0.5, 0.6) is 0 Å². The molecule has 0 atom stereocenters. The molecule has 0 saturated heterocycles. The van der Waals surface area contributed by atoms with E-state index in [9.17, 15) is 0 Å². The predicted molar refractivity (Wildman–Crippen MR) is 154 cm³/mol. The molecular formula is C30H60O9. The number of ether oxygens (including phenoxy) is 8. The zero-order valence-electron chi connectivity index (χ0n) is 25.0. The summed E-state index contributed by atoms with van der Waals surface area (Å²) in [6, 6.07) is 0. The van der Waals surface area contributed by atoms with Crippen LogP contribution in [0.3, 0.4) is 0 Å². The van der Waals surface area contributed by atoms with E-state index in [0.29, 0.717) is 85.0 Å². The average Bonchev–Trinajstić information content (AvgIpc) is 2.94. The highest BCUT2D eigenvalue weighted by Gasteiger charge is 1.98. The van der Waals surface area contributed by atoms with Crippen LogP contribution in [0, 0.1) is 0 Å². The van der Waals surface area contributed by atoms with Crippen molar-refractivity contribution in [2.45, 2.75) is 84.0 Å². The molecule has 1 N–H and O–H groups in total. The van der Waals surface area contributed by atoms with Crippen LogP contribution in [0.2, 0.25) is 0 Å². The maximum atomic E-state index is 8.57. The van der Waals surface area contributed by atoms with Gasteiger partial charge in [0.15, 0.2) is 6.79 Å². The maximum Gasteiger partial charge on any atom is 0.188 e. The first-order valence-electron chi connectivity index (χ1n) is 15.3. The van der Waals surface area contributed by atoms with Gasteiger partial charge in [-0.1, -0.05) is 84.1 Å². The minimum atomic E-state index is 0.0311. The molecular weight excluding hydrogens is 504 g/mol. The Bertz CT molecular complexity index is 466. The Labute approximate surface area is 238 Å². The van der Waals surface area contributed by atoms with Gasteiger partial charge in [0.05, 0.1) is 85.9 Å². The summed E-state index contributed by atoms with van der Waals surface area (Å²) in [5, 5.41) is 8.57. The van der Waals surface area contributed by atoms with Crippen LogP contribution in [-0.2, 0) is 37.9 Å². The first-order valence-corrected chi connectivity index (χ1v) is 15.3. The molecule has 0 heterocycles. The molecule has 0 bridgehead atoms. The lowest BCUT2D eigenvalue weighted by atomic mass is 10.1. The fourth-order valence-corrected chi connectivity index (χ4v) is 3.62. The molecule has 0 aliphatic rings. The molecule has 0 aromatic heterocycles. The first kappa shape index (κ1) is 38.2. The van der Waals surface area contributed by atoms with Gasteiger partial charge in [-0.25, -0.2) is 0 Å². The third kappa shape index (κ3) is 35.2. The molecule has 0 rings (SSSR count). The molecule has 39 heavy (non-hydrogen) atoms. The second kappa shape index (κ2) is 35.2. The van der Waals surface area contributed by atoms with E-state index in [1.54, 1.807) is 0 Å². The number of unbranched alkanes of at least 4 members (excludes halogenated alkanes) is 11. The molecule has 0 amide bonds. The highest BCUT2D eigenvalue weighted by molar-refractivity contribution is 4.81. The van der Waals surface area contributed by atoms with Crippen LogP contribution < -0.4 is 0 Å². The minimum absolute atomic E-state index is 0.0311. The van der Waals surface area contributed by atoms with Gasteiger partial charge in [-0.15, -0.1) is 0 Å². The summed E-state index contributed by atoms with van der Waals surface area (Å²) < 4.78 is 43.2. The van der Waals surface area contributed by atoms with Crippen molar-refractivity contribution in [2.24, 2.45) is 0 Å². The molecule has 0 aromatic carbocycles. The molecule has 0 fully saturated rings. The van der Waals surface area contributed by atoms with E-state index in [4.69, 9.17) is 43.0 Å². The summed E-state index contributed by atoms with van der Waals surface area (Å²) >= 11 is 0. The summed E-state index contributed by atoms with van der Waals surface area (Å²) in [5.41, 5.74) is 0. The van der Waals surface area contributed by atoms with Gasteiger partial charge in [0.25, 0.3) is 0 Å². The third-order valence-corrected chi connectivity index (χ3v) is 5.85. The van der Waals surface area contributed by atoms with E-state index in [1.165, 1.54) is 70.6 Å². The summed E-state index contributed by atoms with van der Waals surface area (Å²) in [5.74, 6) is 0.563. The van der Waals surface area contributed by atoms with Crippen LogP contribution in [-0.4, -0.2) is 104 Å². The van der Waals surface area contributed by atoms with E-state index in [0.717, 1.165) is 13.0 Å². The van der Waals surface area contributed by atoms with Crippen LogP contribution in [0.4, 0.5) is 0 Å². The van der Waals surface area contributed by atoms with Crippen molar-refractivity contribution < 1.29 is 43.0 Å². The Hall–Kier alpha value is -0.780. The van der Waals surface area contributed by atoms with E-state index < -0.39 is 0 Å². The van der Waals surface area contributed by atoms with Crippen LogP contribution in [0.25, 0.3) is 0 Å². The fraction of sp³-hybridized carbons (Fsp3) is 0.933. The molecule has 9 heteroatoms. The van der Waals surface area contributed by atoms with Crippen molar-refractivity contribution in [3.8, 4) is 0 Å². The van der Waals surface area contributed by atoms with Gasteiger partial charge in [-0.2, -0.15) is 0 Å². The zero-order valence-corrected chi connectivity index (χ0v) is 25.0. The third-order valence-electron chi connectivity index (χ3n) is 5.85. The van der Waals surface area contributed by atoms with Crippen molar-refractivity contribution in [3.05, 3.63) is 12.3 Å². The first-order chi connectivity index (χ1) is 19.3.